The van der Waals surface area contributed by atoms with Gasteiger partial charge >= 0.3 is 0 Å². The van der Waals surface area contributed by atoms with E-state index in [1.165, 1.54) is 11.1 Å². The Kier molecular flexibility index (Phi) is 7.99. The van der Waals surface area contributed by atoms with Gasteiger partial charge in [0.2, 0.25) is 0 Å². The summed E-state index contributed by atoms with van der Waals surface area (Å²) in [5.41, 5.74) is 3.08. The van der Waals surface area contributed by atoms with Gasteiger partial charge < -0.3 is 9.47 Å². The van der Waals surface area contributed by atoms with Crippen LogP contribution in [0.4, 0.5) is 4.39 Å². The number of alkyl halides is 1. The number of nitrogens with zero attached hydrogens (tertiary/aromatic N) is 4. The van der Waals surface area contributed by atoms with Crippen LogP contribution in [0.3, 0.4) is 0 Å². The van der Waals surface area contributed by atoms with Crippen molar-refractivity contribution in [3.05, 3.63) is 53.9 Å². The summed E-state index contributed by atoms with van der Waals surface area (Å²) < 4.78 is 28.4. The topological polar surface area (TPSA) is 42.8 Å². The predicted octanol–water partition coefficient (Wildman–Crippen LogP) is 5.41. The molecule has 1 aromatic heterocycles. The van der Waals surface area contributed by atoms with Gasteiger partial charge in [-0.15, -0.1) is 0 Å². The summed E-state index contributed by atoms with van der Waals surface area (Å²) in [7, 11) is 0. The number of benzene rings is 1. The molecule has 0 bridgehead atoms. The fourth-order valence-corrected chi connectivity index (χ4v) is 5.48. The summed E-state index contributed by atoms with van der Waals surface area (Å²) in [4.78, 5) is 4.76. The summed E-state index contributed by atoms with van der Waals surface area (Å²) in [5, 5.41) is 4.59. The molecule has 1 aromatic carbocycles. The van der Waals surface area contributed by atoms with E-state index in [1.54, 1.807) is 17.8 Å². The van der Waals surface area contributed by atoms with E-state index in [2.05, 4.69) is 67.4 Å². The van der Waals surface area contributed by atoms with Crippen LogP contribution in [0.1, 0.15) is 69.5 Å². The molecule has 6 nitrogen and oxygen atoms in total. The molecule has 0 radical (unpaired) electrons. The largest absolute Gasteiger partial charge is 0.491 e. The minimum atomic E-state index is -0.873. The highest BCUT2D eigenvalue weighted by Gasteiger charge is 2.44. The number of aromatic nitrogens is 2. The molecular weight excluding hydrogens is 443 g/mol. The van der Waals surface area contributed by atoms with E-state index in [9.17, 15) is 4.39 Å². The third-order valence-corrected chi connectivity index (χ3v) is 7.28. The minimum Gasteiger partial charge on any atom is -0.491 e. The van der Waals surface area contributed by atoms with Crippen molar-refractivity contribution in [2.75, 3.05) is 32.7 Å². The Bertz CT molecular complexity index is 997. The fourth-order valence-electron chi connectivity index (χ4n) is 5.48. The average molecular weight is 485 g/mol. The number of likely N-dealkylation sites (tertiary alicyclic amines) is 1. The molecule has 2 saturated heterocycles. The number of ether oxygens (including phenoxy) is 2. The summed E-state index contributed by atoms with van der Waals surface area (Å²) >= 11 is 0. The molecule has 3 heterocycles. The number of hydrogen-bond donors (Lipinski definition) is 0. The zero-order valence-electron chi connectivity index (χ0n) is 21.9. The first-order chi connectivity index (χ1) is 16.7. The molecular formula is C28H41FN4O2. The maximum absolute atomic E-state index is 14.0. The second kappa shape index (κ2) is 10.8. The summed E-state index contributed by atoms with van der Waals surface area (Å²) in [6, 6.07) is 8.82. The molecule has 192 valence electrons. The molecule has 2 aromatic rings. The third kappa shape index (κ3) is 6.13. The Morgan fingerprint density at radius 1 is 1.23 bits per heavy atom. The van der Waals surface area contributed by atoms with Gasteiger partial charge in [0.25, 0.3) is 0 Å². The number of aryl methyl sites for hydroxylation is 1. The van der Waals surface area contributed by atoms with Crippen molar-refractivity contribution in [3.63, 3.8) is 0 Å². The van der Waals surface area contributed by atoms with Crippen molar-refractivity contribution < 1.29 is 13.9 Å². The van der Waals surface area contributed by atoms with Gasteiger partial charge in [-0.3, -0.25) is 9.80 Å². The van der Waals surface area contributed by atoms with Gasteiger partial charge in [0.1, 0.15) is 18.0 Å². The van der Waals surface area contributed by atoms with Gasteiger partial charge in [-0.05, 0) is 70.7 Å². The maximum atomic E-state index is 14.0. The molecule has 4 rings (SSSR count). The van der Waals surface area contributed by atoms with Gasteiger partial charge in [0.15, 0.2) is 0 Å². The zero-order valence-corrected chi connectivity index (χ0v) is 21.9. The van der Waals surface area contributed by atoms with Crippen LogP contribution in [0.25, 0.3) is 6.20 Å². The van der Waals surface area contributed by atoms with Crippen molar-refractivity contribution in [2.45, 2.75) is 77.5 Å². The van der Waals surface area contributed by atoms with E-state index in [0.29, 0.717) is 19.1 Å². The van der Waals surface area contributed by atoms with Crippen LogP contribution >= 0.6 is 0 Å². The lowest BCUT2D eigenvalue weighted by atomic mass is 9.87. The van der Waals surface area contributed by atoms with Gasteiger partial charge in [-0.1, -0.05) is 18.7 Å². The molecule has 3 atom stereocenters. The maximum Gasteiger partial charge on any atom is 0.122 e. The van der Waals surface area contributed by atoms with E-state index < -0.39 is 6.17 Å². The summed E-state index contributed by atoms with van der Waals surface area (Å²) in [6.07, 6.45) is 4.53. The first-order valence-electron chi connectivity index (χ1n) is 12.9. The lowest BCUT2D eigenvalue weighted by molar-refractivity contribution is -0.182. The van der Waals surface area contributed by atoms with Crippen molar-refractivity contribution in [2.24, 2.45) is 0 Å². The Morgan fingerprint density at radius 2 is 1.97 bits per heavy atom. The van der Waals surface area contributed by atoms with E-state index >= 15 is 0 Å². The van der Waals surface area contributed by atoms with Crippen molar-refractivity contribution in [1.29, 1.82) is 0 Å². The summed E-state index contributed by atoms with van der Waals surface area (Å²) in [5.74, 6) is 0.955. The van der Waals surface area contributed by atoms with Crippen molar-refractivity contribution in [1.82, 2.24) is 19.6 Å². The molecule has 0 aliphatic carbocycles. The van der Waals surface area contributed by atoms with Gasteiger partial charge in [-0.25, -0.2) is 9.07 Å². The lowest BCUT2D eigenvalue weighted by Gasteiger charge is -2.50. The van der Waals surface area contributed by atoms with Crippen molar-refractivity contribution >= 4 is 6.20 Å². The van der Waals surface area contributed by atoms with Crippen LogP contribution in [0.15, 0.2) is 37.0 Å². The summed E-state index contributed by atoms with van der Waals surface area (Å²) in [6.45, 7) is 17.7. The van der Waals surface area contributed by atoms with Crippen LogP contribution in [-0.2, 0) is 4.74 Å². The first kappa shape index (κ1) is 25.9. The molecule has 1 spiro atoms. The number of piperidine rings is 1. The number of hydrogen-bond acceptors (Lipinski definition) is 5. The van der Waals surface area contributed by atoms with E-state index in [0.717, 1.165) is 43.9 Å². The molecule has 7 heteroatoms. The van der Waals surface area contributed by atoms with Crippen LogP contribution < -0.4 is 4.74 Å². The lowest BCUT2D eigenvalue weighted by Crippen LogP contribution is -2.58. The first-order valence-corrected chi connectivity index (χ1v) is 12.9. The van der Waals surface area contributed by atoms with Gasteiger partial charge in [-0.2, -0.15) is 5.10 Å². The minimum absolute atomic E-state index is 0.163. The monoisotopic (exact) mass is 484 g/mol. The highest BCUT2D eigenvalue weighted by Crippen LogP contribution is 2.39. The molecule has 0 amide bonds. The Labute approximate surface area is 209 Å². The normalized spacial score (nSPS) is 22.9. The van der Waals surface area contributed by atoms with E-state index in [-0.39, 0.29) is 17.8 Å². The predicted molar refractivity (Wildman–Crippen MR) is 138 cm³/mol. The quantitative estimate of drug-likeness (QED) is 0.501. The molecule has 2 aliphatic heterocycles. The van der Waals surface area contributed by atoms with Crippen LogP contribution in [-0.4, -0.2) is 70.2 Å². The van der Waals surface area contributed by atoms with Gasteiger partial charge in [0.05, 0.1) is 17.4 Å². The molecule has 2 fully saturated rings. The second-order valence-electron chi connectivity index (χ2n) is 10.6. The van der Waals surface area contributed by atoms with Crippen LogP contribution in [0.5, 0.6) is 5.75 Å². The molecule has 0 N–H and O–H groups in total. The Hall–Kier alpha value is -2.22. The number of halogens is 1. The average Bonchev–Trinajstić information content (AvgIpc) is 3.29. The van der Waals surface area contributed by atoms with Crippen LogP contribution in [0.2, 0.25) is 0 Å². The van der Waals surface area contributed by atoms with E-state index in [1.807, 2.05) is 12.3 Å². The number of rotatable bonds is 8. The zero-order chi connectivity index (χ0) is 25.2. The highest BCUT2D eigenvalue weighted by atomic mass is 19.1. The molecule has 3 unspecified atom stereocenters. The fraction of sp³-hybridized carbons (Fsp3) is 0.607. The van der Waals surface area contributed by atoms with Crippen molar-refractivity contribution in [3.8, 4) is 5.75 Å². The number of morpholine rings is 1. The Balaban J connectivity index is 1.45. The molecule has 2 aliphatic rings. The SMILES string of the molecule is C=Cn1ccc(C2CN(CC(C)F)CC3(CCN(C(C)c4ccc(OC(C)C)c(C)c4)CC3)O2)n1. The highest BCUT2D eigenvalue weighted by molar-refractivity contribution is 5.37. The molecule has 0 saturated carbocycles. The third-order valence-electron chi connectivity index (χ3n) is 7.28. The van der Waals surface area contributed by atoms with Crippen LogP contribution in [0, 0.1) is 6.92 Å². The second-order valence-corrected chi connectivity index (χ2v) is 10.6. The van der Waals surface area contributed by atoms with Gasteiger partial charge in [0, 0.05) is 51.2 Å². The Morgan fingerprint density at radius 3 is 2.57 bits per heavy atom. The smallest absolute Gasteiger partial charge is 0.122 e. The molecule has 35 heavy (non-hydrogen) atoms. The standard InChI is InChI=1S/C28H41FN4O2/c1-7-33-13-10-25(30-33)27-18-31(17-22(5)29)19-28(35-27)11-14-32(15-12-28)23(6)24-8-9-26(21(4)16-24)34-20(2)3/h7-10,13,16,20,22-23,27H,1,11-12,14-15,17-19H2,2-6H3. The van der Waals surface area contributed by atoms with E-state index in [4.69, 9.17) is 9.47 Å².